The molecule has 52 heavy (non-hydrogen) atoms. The van der Waals surface area contributed by atoms with Gasteiger partial charge in [0.1, 0.15) is 0 Å². The van der Waals surface area contributed by atoms with Gasteiger partial charge in [0.25, 0.3) is 0 Å². The van der Waals surface area contributed by atoms with Crippen molar-refractivity contribution in [3.05, 3.63) is 228 Å². The Labute approximate surface area is 309 Å². The van der Waals surface area contributed by atoms with E-state index in [0.29, 0.717) is 5.70 Å². The number of terminal acetylenes is 1. The molecule has 0 aliphatic heterocycles. The number of aliphatic imine (C=N–C) groups is 1. The number of hydrogen-bond acceptors (Lipinski definition) is 2. The molecule has 0 amide bonds. The van der Waals surface area contributed by atoms with Crippen molar-refractivity contribution < 1.29 is 0 Å². The van der Waals surface area contributed by atoms with Crippen LogP contribution in [0.5, 0.6) is 0 Å². The molecular formula is C50H42N2. The molecule has 1 aliphatic rings. The summed E-state index contributed by atoms with van der Waals surface area (Å²) in [6.07, 6.45) is 21.3. The van der Waals surface area contributed by atoms with Gasteiger partial charge in [-0.15, -0.1) is 6.42 Å². The zero-order valence-electron chi connectivity index (χ0n) is 29.8. The molecular weight excluding hydrogens is 629 g/mol. The van der Waals surface area contributed by atoms with Crippen LogP contribution in [0, 0.1) is 19.3 Å². The summed E-state index contributed by atoms with van der Waals surface area (Å²) in [5.74, 6) is 2.75. The van der Waals surface area contributed by atoms with E-state index >= 15 is 0 Å². The average molecular weight is 671 g/mol. The third-order valence-electron chi connectivity index (χ3n) is 9.07. The molecule has 0 radical (unpaired) electrons. The van der Waals surface area contributed by atoms with E-state index in [9.17, 15) is 0 Å². The number of rotatable bonds is 11. The van der Waals surface area contributed by atoms with Crippen molar-refractivity contribution in [1.82, 2.24) is 0 Å². The smallest absolute Gasteiger partial charge is 0.0712 e. The predicted molar refractivity (Wildman–Crippen MR) is 225 cm³/mol. The van der Waals surface area contributed by atoms with Crippen LogP contribution in [-0.4, -0.2) is 5.71 Å². The summed E-state index contributed by atoms with van der Waals surface area (Å²) in [5.41, 5.74) is 14.7. The summed E-state index contributed by atoms with van der Waals surface area (Å²) in [6, 6.07) is 45.8. The first-order valence-corrected chi connectivity index (χ1v) is 17.4. The van der Waals surface area contributed by atoms with Crippen LogP contribution in [0.15, 0.2) is 200 Å². The van der Waals surface area contributed by atoms with Gasteiger partial charge in [-0.1, -0.05) is 159 Å². The van der Waals surface area contributed by atoms with E-state index in [-0.39, 0.29) is 0 Å². The monoisotopic (exact) mass is 670 g/mol. The molecule has 0 bridgehead atoms. The fraction of sp³-hybridized carbons (Fsp3) is 0.0600. The molecule has 0 fully saturated rings. The van der Waals surface area contributed by atoms with Gasteiger partial charge in [-0.05, 0) is 101 Å². The Morgan fingerprint density at radius 2 is 1.40 bits per heavy atom. The van der Waals surface area contributed by atoms with Crippen LogP contribution in [0.25, 0.3) is 22.4 Å². The van der Waals surface area contributed by atoms with Crippen molar-refractivity contribution in [3.63, 3.8) is 0 Å². The van der Waals surface area contributed by atoms with Crippen molar-refractivity contribution in [2.24, 2.45) is 4.99 Å². The summed E-state index contributed by atoms with van der Waals surface area (Å²) < 4.78 is 0. The van der Waals surface area contributed by atoms with Crippen LogP contribution < -0.4 is 4.90 Å². The first-order valence-electron chi connectivity index (χ1n) is 17.4. The molecule has 0 unspecified atom stereocenters. The van der Waals surface area contributed by atoms with Crippen molar-refractivity contribution in [1.29, 1.82) is 0 Å². The van der Waals surface area contributed by atoms with Crippen LogP contribution in [0.3, 0.4) is 0 Å². The minimum absolute atomic E-state index is 0.710. The minimum Gasteiger partial charge on any atom is -0.318 e. The molecule has 6 rings (SSSR count). The van der Waals surface area contributed by atoms with Crippen LogP contribution in [-0.2, 0) is 0 Å². The third-order valence-corrected chi connectivity index (χ3v) is 9.07. The molecule has 0 atom stereocenters. The standard InChI is InChI=1S/C50H42N2/c1-6-17-46(44-30-32-48(33-31-44)52(7-2)50-25-15-14-18-37(50)3)35-40-19-16-24-47(36-40)43-28-26-42(27-29-43)39(5)51-49(45-22-12-9-13-23-45)34-38(4)41-20-10-8-11-21-41/h1,7-18,20-36H,2,5,19H2,3-4H3/b38-34+,40-35+,46-17+,51-49?. The average Bonchev–Trinajstić information content (AvgIpc) is 3.19. The maximum Gasteiger partial charge on any atom is 0.0712 e. The first kappa shape index (κ1) is 35.1. The Hall–Kier alpha value is -6.69. The lowest BCUT2D eigenvalue weighted by atomic mass is 9.93. The predicted octanol–water partition coefficient (Wildman–Crippen LogP) is 12.8. The van der Waals surface area contributed by atoms with E-state index in [2.05, 4.69) is 165 Å². The van der Waals surface area contributed by atoms with E-state index in [1.165, 1.54) is 11.1 Å². The van der Waals surface area contributed by atoms with Gasteiger partial charge in [-0.2, -0.15) is 0 Å². The molecule has 0 saturated carbocycles. The zero-order chi connectivity index (χ0) is 36.3. The summed E-state index contributed by atoms with van der Waals surface area (Å²) in [4.78, 5) is 7.13. The normalized spacial score (nSPS) is 14.1. The molecule has 252 valence electrons. The maximum absolute atomic E-state index is 5.81. The zero-order valence-corrected chi connectivity index (χ0v) is 29.8. The van der Waals surface area contributed by atoms with Gasteiger partial charge in [-0.3, -0.25) is 0 Å². The number of para-hydroxylation sites is 1. The van der Waals surface area contributed by atoms with Gasteiger partial charge in [0.05, 0.1) is 11.4 Å². The van der Waals surface area contributed by atoms with Gasteiger partial charge >= 0.3 is 0 Å². The third kappa shape index (κ3) is 8.53. The molecule has 1 aliphatic carbocycles. The Balaban J connectivity index is 1.22. The SMILES string of the molecule is C#C/C=C(\C=C1\C=C(c2ccc(C(=C)N=C(/C=C(\C)c3ccccc3)c3ccccc3)cc2)C=CC1)c1ccc(N(C=C)c2ccccc2C)cc1. The van der Waals surface area contributed by atoms with Crippen molar-refractivity contribution in [2.45, 2.75) is 20.3 Å². The number of nitrogens with zero attached hydrogens (tertiary/aromatic N) is 2. The fourth-order valence-corrected chi connectivity index (χ4v) is 6.24. The highest BCUT2D eigenvalue weighted by Gasteiger charge is 2.11. The Morgan fingerprint density at radius 1 is 0.769 bits per heavy atom. The van der Waals surface area contributed by atoms with Crippen molar-refractivity contribution in [3.8, 4) is 12.3 Å². The van der Waals surface area contributed by atoms with Crippen molar-refractivity contribution in [2.75, 3.05) is 4.90 Å². The van der Waals surface area contributed by atoms with Gasteiger partial charge < -0.3 is 4.90 Å². The number of benzene rings is 5. The minimum atomic E-state index is 0.710. The summed E-state index contributed by atoms with van der Waals surface area (Å²) in [7, 11) is 0. The highest BCUT2D eigenvalue weighted by Crippen LogP contribution is 2.32. The topological polar surface area (TPSA) is 15.6 Å². The lowest BCUT2D eigenvalue weighted by molar-refractivity contribution is 1.25. The highest BCUT2D eigenvalue weighted by atomic mass is 15.1. The summed E-state index contributed by atoms with van der Waals surface area (Å²) in [5, 5.41) is 0. The van der Waals surface area contributed by atoms with Crippen LogP contribution in [0.2, 0.25) is 0 Å². The second kappa shape index (κ2) is 16.8. The maximum atomic E-state index is 5.81. The molecule has 5 aromatic carbocycles. The molecule has 0 heterocycles. The largest absolute Gasteiger partial charge is 0.318 e. The lowest BCUT2D eigenvalue weighted by Gasteiger charge is -2.22. The second-order valence-corrected chi connectivity index (χ2v) is 12.7. The Morgan fingerprint density at radius 3 is 2.06 bits per heavy atom. The molecule has 2 nitrogen and oxygen atoms in total. The number of anilines is 2. The van der Waals surface area contributed by atoms with Gasteiger partial charge in [0.2, 0.25) is 0 Å². The van der Waals surface area contributed by atoms with E-state index in [0.717, 1.165) is 68.0 Å². The quantitative estimate of drug-likeness (QED) is 0.101. The van der Waals surface area contributed by atoms with Crippen LogP contribution in [0.1, 0.15) is 46.7 Å². The van der Waals surface area contributed by atoms with Crippen LogP contribution in [0.4, 0.5) is 11.4 Å². The van der Waals surface area contributed by atoms with Crippen LogP contribution >= 0.6 is 0 Å². The van der Waals surface area contributed by atoms with E-state index in [4.69, 9.17) is 11.4 Å². The highest BCUT2D eigenvalue weighted by molar-refractivity contribution is 6.14. The summed E-state index contributed by atoms with van der Waals surface area (Å²) in [6.45, 7) is 12.6. The Bertz CT molecular complexity index is 2280. The van der Waals surface area contributed by atoms with Gasteiger partial charge in [-0.25, -0.2) is 4.99 Å². The molecule has 0 saturated heterocycles. The summed E-state index contributed by atoms with van der Waals surface area (Å²) >= 11 is 0. The molecule has 0 aromatic heterocycles. The fourth-order valence-electron chi connectivity index (χ4n) is 6.24. The van der Waals surface area contributed by atoms with E-state index in [1.54, 1.807) is 0 Å². The van der Waals surface area contributed by atoms with E-state index < -0.39 is 0 Å². The van der Waals surface area contributed by atoms with Gasteiger partial charge in [0, 0.05) is 23.1 Å². The Kier molecular flexibility index (Phi) is 11.4. The number of hydrogen-bond donors (Lipinski definition) is 0. The molecule has 0 N–H and O–H groups in total. The second-order valence-electron chi connectivity index (χ2n) is 12.7. The van der Waals surface area contributed by atoms with Gasteiger partial charge in [0.15, 0.2) is 0 Å². The first-order chi connectivity index (χ1) is 25.4. The molecule has 0 spiro atoms. The number of allylic oxidation sites excluding steroid dienone is 10. The number of aryl methyl sites for hydroxylation is 1. The van der Waals surface area contributed by atoms with E-state index in [1.807, 2.05) is 48.7 Å². The molecule has 2 heteroatoms. The lowest BCUT2D eigenvalue weighted by Crippen LogP contribution is -2.09. The molecule has 5 aromatic rings. The van der Waals surface area contributed by atoms with Crippen molar-refractivity contribution >= 4 is 39.5 Å².